The third-order valence-electron chi connectivity index (χ3n) is 3.07. The minimum Gasteiger partial charge on any atom is -0.393 e. The Balaban J connectivity index is 2.02. The first kappa shape index (κ1) is 13.5. The number of rotatable bonds is 4. The van der Waals surface area contributed by atoms with Crippen LogP contribution < -0.4 is 0 Å². The molecule has 2 rings (SSSR count). The highest BCUT2D eigenvalue weighted by molar-refractivity contribution is 7.14. The summed E-state index contributed by atoms with van der Waals surface area (Å²) in [5.41, 5.74) is 1.15. The number of thiophene rings is 1. The lowest BCUT2D eigenvalue weighted by Gasteiger charge is -2.16. The van der Waals surface area contributed by atoms with E-state index in [0.717, 1.165) is 23.5 Å². The van der Waals surface area contributed by atoms with Crippen LogP contribution in [0.1, 0.15) is 33.5 Å². The van der Waals surface area contributed by atoms with Crippen molar-refractivity contribution in [1.29, 1.82) is 0 Å². The van der Waals surface area contributed by atoms with Gasteiger partial charge in [0.25, 0.3) is 5.91 Å². The lowest BCUT2D eigenvalue weighted by atomic mass is 10.2. The van der Waals surface area contributed by atoms with E-state index >= 15 is 0 Å². The maximum Gasteiger partial charge on any atom is 0.263 e. The molecule has 1 N–H and O–H groups in total. The van der Waals surface area contributed by atoms with Gasteiger partial charge >= 0.3 is 0 Å². The van der Waals surface area contributed by atoms with Gasteiger partial charge in [-0.25, -0.2) is 0 Å². The van der Waals surface area contributed by atoms with E-state index in [9.17, 15) is 9.90 Å². The summed E-state index contributed by atoms with van der Waals surface area (Å²) in [4.78, 5) is 15.9. The lowest BCUT2D eigenvalue weighted by molar-refractivity contribution is 0.0773. The molecule has 0 radical (unpaired) electrons. The first-order chi connectivity index (χ1) is 8.58. The summed E-state index contributed by atoms with van der Waals surface area (Å²) in [6, 6.07) is 1.94. The smallest absolute Gasteiger partial charge is 0.263 e. The van der Waals surface area contributed by atoms with Crippen LogP contribution in [0.4, 0.5) is 0 Å². The Morgan fingerprint density at radius 1 is 1.67 bits per heavy atom. The lowest BCUT2D eigenvalue weighted by Crippen LogP contribution is -2.28. The third kappa shape index (κ3) is 3.10. The minimum absolute atomic E-state index is 0.0371. The monoisotopic (exact) mass is 269 g/mol. The Hall–Kier alpha value is -0.910. The predicted molar refractivity (Wildman–Crippen MR) is 70.9 cm³/mol. The van der Waals surface area contributed by atoms with E-state index in [2.05, 4.69) is 0 Å². The Morgan fingerprint density at radius 2 is 2.44 bits per heavy atom. The van der Waals surface area contributed by atoms with Crippen molar-refractivity contribution in [2.75, 3.05) is 20.2 Å². The van der Waals surface area contributed by atoms with Crippen molar-refractivity contribution in [3.8, 4) is 0 Å². The summed E-state index contributed by atoms with van der Waals surface area (Å²) in [7, 11) is 1.78. The van der Waals surface area contributed by atoms with Crippen molar-refractivity contribution < 1.29 is 14.6 Å². The highest BCUT2D eigenvalue weighted by atomic mass is 32.1. The zero-order valence-electron chi connectivity index (χ0n) is 10.8. The number of hydrogen-bond acceptors (Lipinski definition) is 4. The molecule has 1 amide bonds. The second-order valence-corrected chi connectivity index (χ2v) is 5.86. The van der Waals surface area contributed by atoms with Gasteiger partial charge in [-0.2, -0.15) is 0 Å². The number of amides is 1. The highest BCUT2D eigenvalue weighted by Crippen LogP contribution is 2.27. The third-order valence-corrected chi connectivity index (χ3v) is 4.29. The second-order valence-electron chi connectivity index (χ2n) is 4.73. The number of carbonyl (C=O) groups excluding carboxylic acids is 1. The molecule has 4 nitrogen and oxygen atoms in total. The molecule has 100 valence electrons. The molecule has 0 spiro atoms. The van der Waals surface area contributed by atoms with Gasteiger partial charge in [-0.3, -0.25) is 4.79 Å². The van der Waals surface area contributed by atoms with Gasteiger partial charge in [-0.15, -0.1) is 11.3 Å². The first-order valence-corrected chi connectivity index (χ1v) is 7.02. The molecule has 5 heteroatoms. The van der Waals surface area contributed by atoms with Crippen molar-refractivity contribution in [1.82, 2.24) is 4.90 Å². The van der Waals surface area contributed by atoms with E-state index in [1.807, 2.05) is 6.07 Å². The number of fused-ring (bicyclic) bond motifs is 1. The molecule has 0 bridgehead atoms. The number of nitrogens with zero attached hydrogens (tertiary/aromatic N) is 1. The highest BCUT2D eigenvalue weighted by Gasteiger charge is 2.19. The van der Waals surface area contributed by atoms with E-state index in [4.69, 9.17) is 4.74 Å². The maximum absolute atomic E-state index is 12.2. The zero-order chi connectivity index (χ0) is 13.1. The van der Waals surface area contributed by atoms with Crippen molar-refractivity contribution in [3.63, 3.8) is 0 Å². The summed E-state index contributed by atoms with van der Waals surface area (Å²) in [6.45, 7) is 3.69. The first-order valence-electron chi connectivity index (χ1n) is 6.21. The minimum atomic E-state index is -0.370. The topological polar surface area (TPSA) is 49.8 Å². The zero-order valence-corrected chi connectivity index (χ0v) is 11.6. The fraction of sp³-hybridized carbons (Fsp3) is 0.615. The molecule has 1 unspecified atom stereocenters. The number of hydrogen-bond donors (Lipinski definition) is 1. The van der Waals surface area contributed by atoms with E-state index in [0.29, 0.717) is 19.6 Å². The maximum atomic E-state index is 12.2. The molecule has 18 heavy (non-hydrogen) atoms. The van der Waals surface area contributed by atoms with Crippen LogP contribution in [0.15, 0.2) is 6.07 Å². The summed E-state index contributed by atoms with van der Waals surface area (Å²) < 4.78 is 5.38. The molecular formula is C13H19NO3S. The Kier molecular flexibility index (Phi) is 4.37. The molecule has 2 heterocycles. The second kappa shape index (κ2) is 5.82. The van der Waals surface area contributed by atoms with Crippen LogP contribution >= 0.6 is 11.3 Å². The van der Waals surface area contributed by atoms with Crippen LogP contribution in [0.25, 0.3) is 0 Å². The molecule has 1 aliphatic rings. The largest absolute Gasteiger partial charge is 0.393 e. The molecule has 1 aromatic rings. The quantitative estimate of drug-likeness (QED) is 0.904. The van der Waals surface area contributed by atoms with Gasteiger partial charge in [-0.05, 0) is 25.0 Å². The fourth-order valence-electron chi connectivity index (χ4n) is 1.92. The van der Waals surface area contributed by atoms with Crippen LogP contribution in [-0.2, 0) is 17.8 Å². The summed E-state index contributed by atoms with van der Waals surface area (Å²) in [6.07, 6.45) is 1.14. The Bertz CT molecular complexity index is 404. The van der Waals surface area contributed by atoms with Crippen LogP contribution in [0.2, 0.25) is 0 Å². The van der Waals surface area contributed by atoms with Crippen LogP contribution in [0, 0.1) is 0 Å². The summed E-state index contributed by atoms with van der Waals surface area (Å²) in [5.74, 6) is 0.0371. The van der Waals surface area contributed by atoms with Gasteiger partial charge in [0.2, 0.25) is 0 Å². The summed E-state index contributed by atoms with van der Waals surface area (Å²) in [5, 5.41) is 9.23. The van der Waals surface area contributed by atoms with Crippen molar-refractivity contribution in [2.45, 2.75) is 32.5 Å². The standard InChI is InChI=1S/C13H19NO3S/c1-9(15)3-5-14(2)13(16)12-7-10-8-17-6-4-11(10)18-12/h7,9,15H,3-6,8H2,1-2H3. The fourth-order valence-corrected chi connectivity index (χ4v) is 3.07. The molecule has 1 aromatic heterocycles. The average molecular weight is 269 g/mol. The molecule has 0 aliphatic carbocycles. The van der Waals surface area contributed by atoms with Crippen molar-refractivity contribution in [3.05, 3.63) is 21.4 Å². The molecule has 0 aromatic carbocycles. The molecule has 0 saturated carbocycles. The Morgan fingerprint density at radius 3 is 3.11 bits per heavy atom. The van der Waals surface area contributed by atoms with E-state index < -0.39 is 0 Å². The van der Waals surface area contributed by atoms with Gasteiger partial charge in [-0.1, -0.05) is 0 Å². The molecule has 1 aliphatic heterocycles. The number of aliphatic hydroxyl groups is 1. The van der Waals surface area contributed by atoms with E-state index in [-0.39, 0.29) is 12.0 Å². The normalized spacial score (nSPS) is 16.2. The van der Waals surface area contributed by atoms with Gasteiger partial charge in [0.15, 0.2) is 0 Å². The van der Waals surface area contributed by atoms with E-state index in [1.54, 1.807) is 30.2 Å². The molecule has 0 saturated heterocycles. The van der Waals surface area contributed by atoms with Gasteiger partial charge in [0, 0.05) is 24.9 Å². The van der Waals surface area contributed by atoms with Crippen LogP contribution in [0.5, 0.6) is 0 Å². The predicted octanol–water partition coefficient (Wildman–Crippen LogP) is 1.66. The van der Waals surface area contributed by atoms with Crippen LogP contribution in [0.3, 0.4) is 0 Å². The molecule has 0 fully saturated rings. The Labute approximate surface area is 111 Å². The van der Waals surface area contributed by atoms with Crippen LogP contribution in [-0.4, -0.2) is 42.2 Å². The SMILES string of the molecule is CC(O)CCN(C)C(=O)c1cc2c(s1)CCOC2. The summed E-state index contributed by atoms with van der Waals surface area (Å²) >= 11 is 1.57. The number of carbonyl (C=O) groups is 1. The van der Waals surface area contributed by atoms with Gasteiger partial charge < -0.3 is 14.7 Å². The van der Waals surface area contributed by atoms with E-state index in [1.165, 1.54) is 4.88 Å². The molecular weight excluding hydrogens is 250 g/mol. The van der Waals surface area contributed by atoms with Crippen molar-refractivity contribution in [2.24, 2.45) is 0 Å². The van der Waals surface area contributed by atoms with Crippen molar-refractivity contribution >= 4 is 17.2 Å². The van der Waals surface area contributed by atoms with Gasteiger partial charge in [0.05, 0.1) is 24.2 Å². The number of ether oxygens (including phenoxy) is 1. The number of aliphatic hydroxyl groups excluding tert-OH is 1. The average Bonchev–Trinajstić information content (AvgIpc) is 2.78. The molecule has 1 atom stereocenters. The van der Waals surface area contributed by atoms with Gasteiger partial charge in [0.1, 0.15) is 0 Å².